The van der Waals surface area contributed by atoms with Crippen LogP contribution in [0.15, 0.2) is 48.5 Å². The van der Waals surface area contributed by atoms with Crippen LogP contribution in [0, 0.1) is 0 Å². The summed E-state index contributed by atoms with van der Waals surface area (Å²) >= 11 is -5.26. The highest BCUT2D eigenvalue weighted by Crippen LogP contribution is 2.42. The van der Waals surface area contributed by atoms with Crippen molar-refractivity contribution in [3.63, 3.8) is 0 Å². The Balaban J connectivity index is 2.01. The van der Waals surface area contributed by atoms with Crippen LogP contribution < -0.4 is 14.3 Å². The third-order valence-corrected chi connectivity index (χ3v) is 6.29. The van der Waals surface area contributed by atoms with E-state index < -0.39 is 34.5 Å². The zero-order valence-electron chi connectivity index (χ0n) is 18.6. The fourth-order valence-electron chi connectivity index (χ4n) is 4.05. The summed E-state index contributed by atoms with van der Waals surface area (Å²) in [4.78, 5) is 9.56. The van der Waals surface area contributed by atoms with Crippen molar-refractivity contribution < 1.29 is 30.7 Å². The largest absolute Gasteiger partial charge is 0.755 e. The quantitative estimate of drug-likeness (QED) is 0.429. The molecule has 9 nitrogen and oxygen atoms in total. The first kappa shape index (κ1) is 26.0. The minimum Gasteiger partial charge on any atom is -0.755 e. The predicted octanol–water partition coefficient (Wildman–Crippen LogP) is 4.23. The van der Waals surface area contributed by atoms with Crippen molar-refractivity contribution in [2.75, 3.05) is 27.4 Å². The maximum absolute atomic E-state index is 13.9. The lowest BCUT2D eigenvalue weighted by Gasteiger charge is -2.31. The van der Waals surface area contributed by atoms with Gasteiger partial charge in [0.1, 0.15) is 5.82 Å². The van der Waals surface area contributed by atoms with Crippen molar-refractivity contribution in [2.45, 2.75) is 25.4 Å². The predicted molar refractivity (Wildman–Crippen MR) is 129 cm³/mol. The Bertz CT molecular complexity index is 1300. The number of hydrogen-bond acceptors (Lipinski definition) is 7. The molecule has 0 radical (unpaired) electrons. The van der Waals surface area contributed by atoms with Crippen LogP contribution in [0.4, 0.5) is 30.4 Å². The van der Waals surface area contributed by atoms with Crippen molar-refractivity contribution in [3.05, 3.63) is 54.4 Å². The van der Waals surface area contributed by atoms with Crippen LogP contribution in [0.5, 0.6) is 0 Å². The molecule has 1 aliphatic rings. The number of hydrogen-bond donors (Lipinski definition) is 2. The SMILES string of the molecule is O=S([O-])Nc1cccc(-c2nc(C(F)(F)F)nc(N3CCCCC3)c2-c2cccc(NS(=O)[O-])c2)c1. The van der Waals surface area contributed by atoms with Gasteiger partial charge in [0, 0.05) is 52.6 Å². The molecule has 0 bridgehead atoms. The van der Waals surface area contributed by atoms with Crippen LogP contribution in [0.25, 0.3) is 22.4 Å². The molecule has 2 heterocycles. The average molecular weight is 540 g/mol. The van der Waals surface area contributed by atoms with Crippen LogP contribution in [0.3, 0.4) is 0 Å². The second-order valence-corrected chi connectivity index (χ2v) is 9.32. The van der Waals surface area contributed by atoms with E-state index in [1.807, 2.05) is 0 Å². The number of rotatable bonds is 7. The zero-order valence-corrected chi connectivity index (χ0v) is 20.2. The highest BCUT2D eigenvalue weighted by molar-refractivity contribution is 7.80. The molecule has 192 valence electrons. The van der Waals surface area contributed by atoms with E-state index in [0.29, 0.717) is 18.7 Å². The normalized spacial score (nSPS) is 15.9. The molecule has 0 aliphatic carbocycles. The molecular weight excluding hydrogens is 519 g/mol. The Labute approximate surface area is 210 Å². The van der Waals surface area contributed by atoms with E-state index in [9.17, 15) is 30.7 Å². The topological polar surface area (TPSA) is 133 Å². The molecule has 2 N–H and O–H groups in total. The minimum atomic E-state index is -4.84. The minimum absolute atomic E-state index is 0.0678. The van der Waals surface area contributed by atoms with Gasteiger partial charge in [-0.2, -0.15) is 13.2 Å². The lowest BCUT2D eigenvalue weighted by molar-refractivity contribution is -0.144. The molecule has 0 spiro atoms. The first-order valence-corrected chi connectivity index (χ1v) is 12.9. The third kappa shape index (κ3) is 6.19. The van der Waals surface area contributed by atoms with Crippen LogP contribution >= 0.6 is 0 Å². The summed E-state index contributed by atoms with van der Waals surface area (Å²) in [5, 5.41) is 0. The molecule has 36 heavy (non-hydrogen) atoms. The van der Waals surface area contributed by atoms with Gasteiger partial charge in [-0.05, 0) is 49.1 Å². The first-order valence-electron chi connectivity index (χ1n) is 10.8. The smallest absolute Gasteiger partial charge is 0.451 e. The highest BCUT2D eigenvalue weighted by Gasteiger charge is 2.37. The summed E-state index contributed by atoms with van der Waals surface area (Å²) < 4.78 is 90.8. The van der Waals surface area contributed by atoms with Gasteiger partial charge in [0.15, 0.2) is 0 Å². The summed E-state index contributed by atoms with van der Waals surface area (Å²) in [6.07, 6.45) is -2.37. The maximum atomic E-state index is 13.9. The zero-order chi connectivity index (χ0) is 25.9. The van der Waals surface area contributed by atoms with Gasteiger partial charge >= 0.3 is 6.18 Å². The summed E-state index contributed by atoms with van der Waals surface area (Å²) in [6.45, 7) is 0.972. The number of nitrogens with zero attached hydrogens (tertiary/aromatic N) is 3. The lowest BCUT2D eigenvalue weighted by atomic mass is 9.97. The van der Waals surface area contributed by atoms with Crippen molar-refractivity contribution in [1.29, 1.82) is 0 Å². The molecule has 1 aliphatic heterocycles. The van der Waals surface area contributed by atoms with E-state index in [2.05, 4.69) is 19.4 Å². The third-order valence-electron chi connectivity index (χ3n) is 5.49. The summed E-state index contributed by atoms with van der Waals surface area (Å²) in [6, 6.07) is 12.0. The monoisotopic (exact) mass is 539 g/mol. The number of anilines is 3. The van der Waals surface area contributed by atoms with Crippen LogP contribution in [-0.2, 0) is 28.7 Å². The number of nitrogens with one attached hydrogen (secondary N) is 2. The first-order chi connectivity index (χ1) is 17.1. The van der Waals surface area contributed by atoms with E-state index in [1.165, 1.54) is 36.4 Å². The summed E-state index contributed by atoms with van der Waals surface area (Å²) in [7, 11) is 0. The fraction of sp³-hybridized carbons (Fsp3) is 0.273. The molecule has 2 unspecified atom stereocenters. The number of halogens is 3. The second-order valence-electron chi connectivity index (χ2n) is 7.98. The van der Waals surface area contributed by atoms with E-state index in [1.54, 1.807) is 17.0 Å². The molecule has 2 aromatic carbocycles. The molecule has 1 fully saturated rings. The van der Waals surface area contributed by atoms with Crippen molar-refractivity contribution in [2.24, 2.45) is 0 Å². The van der Waals surface area contributed by atoms with Gasteiger partial charge in [0.25, 0.3) is 0 Å². The molecule has 0 saturated carbocycles. The van der Waals surface area contributed by atoms with E-state index in [4.69, 9.17) is 0 Å². The Morgan fingerprint density at radius 2 is 1.39 bits per heavy atom. The van der Waals surface area contributed by atoms with Gasteiger partial charge in [-0.1, -0.05) is 24.3 Å². The number of piperidine rings is 1. The highest BCUT2D eigenvalue weighted by atomic mass is 32.2. The maximum Gasteiger partial charge on any atom is 0.451 e. The summed E-state index contributed by atoms with van der Waals surface area (Å²) in [5.74, 6) is -1.26. The lowest BCUT2D eigenvalue weighted by Crippen LogP contribution is -2.32. The summed E-state index contributed by atoms with van der Waals surface area (Å²) in [5.41, 5.74) is 1.14. The molecule has 0 amide bonds. The van der Waals surface area contributed by atoms with Crippen LogP contribution in [-0.4, -0.2) is 40.6 Å². The van der Waals surface area contributed by atoms with Crippen molar-refractivity contribution in [3.8, 4) is 22.4 Å². The number of aromatic nitrogens is 2. The van der Waals surface area contributed by atoms with Gasteiger partial charge in [-0.3, -0.25) is 8.42 Å². The van der Waals surface area contributed by atoms with Crippen molar-refractivity contribution in [1.82, 2.24) is 9.97 Å². The molecule has 2 atom stereocenters. The Morgan fingerprint density at radius 3 is 1.94 bits per heavy atom. The molecular formula is C22H20F3N5O4S2-2. The Hall–Kier alpha value is -3.07. The number of alkyl halides is 3. The average Bonchev–Trinajstić information content (AvgIpc) is 2.83. The standard InChI is InChI=1S/C22H22F3N5O4S2/c23-22(24,25)21-26-19(15-7-5-9-17(13-15)29-36(33)34)18(20(27-21)30-10-2-1-3-11-30)14-6-4-8-16(12-14)28-35(31)32/h4-9,12-13,28-29H,1-3,10-11H2,(H,31,32)(H,33,34)/p-2. The van der Waals surface area contributed by atoms with Gasteiger partial charge in [0.2, 0.25) is 5.82 Å². The molecule has 3 aromatic rings. The Morgan fingerprint density at radius 1 is 0.833 bits per heavy atom. The Kier molecular flexibility index (Phi) is 7.88. The molecule has 4 rings (SSSR count). The molecule has 14 heteroatoms. The van der Waals surface area contributed by atoms with E-state index in [0.717, 1.165) is 19.3 Å². The van der Waals surface area contributed by atoms with Gasteiger partial charge in [-0.15, -0.1) is 0 Å². The fourth-order valence-corrected chi connectivity index (χ4v) is 4.68. The molecule has 1 saturated heterocycles. The second kappa shape index (κ2) is 10.9. The van der Waals surface area contributed by atoms with E-state index in [-0.39, 0.29) is 34.0 Å². The van der Waals surface area contributed by atoms with E-state index >= 15 is 0 Å². The van der Waals surface area contributed by atoms with Gasteiger partial charge < -0.3 is 23.4 Å². The van der Waals surface area contributed by atoms with Gasteiger partial charge in [-0.25, -0.2) is 9.97 Å². The van der Waals surface area contributed by atoms with Crippen LogP contribution in [0.1, 0.15) is 25.1 Å². The van der Waals surface area contributed by atoms with Crippen molar-refractivity contribution >= 4 is 39.7 Å². The molecule has 1 aromatic heterocycles. The van der Waals surface area contributed by atoms with Crippen LogP contribution in [0.2, 0.25) is 0 Å². The van der Waals surface area contributed by atoms with Gasteiger partial charge in [0.05, 0.1) is 11.3 Å². The number of benzene rings is 2.